The largest absolute Gasteiger partial charge is 0.360 e. The second-order valence-corrected chi connectivity index (χ2v) is 7.51. The summed E-state index contributed by atoms with van der Waals surface area (Å²) in [5.41, 5.74) is 10.6. The van der Waals surface area contributed by atoms with Gasteiger partial charge in [-0.05, 0) is 24.0 Å². The molecule has 0 spiro atoms. The van der Waals surface area contributed by atoms with Gasteiger partial charge in [0, 0.05) is 24.1 Å². The van der Waals surface area contributed by atoms with Crippen molar-refractivity contribution in [2.75, 3.05) is 6.54 Å². The molecule has 2 aromatic carbocycles. The zero-order valence-electron chi connectivity index (χ0n) is 15.0. The Bertz CT molecular complexity index is 988. The Balaban J connectivity index is 1.43. The van der Waals surface area contributed by atoms with Crippen LogP contribution in [0.4, 0.5) is 0 Å². The van der Waals surface area contributed by atoms with Gasteiger partial charge in [-0.25, -0.2) is 0 Å². The van der Waals surface area contributed by atoms with Crippen LogP contribution in [0.2, 0.25) is 0 Å². The summed E-state index contributed by atoms with van der Waals surface area (Å²) in [6.45, 7) is 1.17. The van der Waals surface area contributed by atoms with E-state index in [1.165, 1.54) is 5.56 Å². The lowest BCUT2D eigenvalue weighted by Gasteiger charge is -2.28. The average molecular weight is 359 g/mol. The summed E-state index contributed by atoms with van der Waals surface area (Å²) >= 11 is 0. The van der Waals surface area contributed by atoms with Gasteiger partial charge in [0.25, 0.3) is 0 Å². The van der Waals surface area contributed by atoms with Gasteiger partial charge in [-0.15, -0.1) is 0 Å². The van der Waals surface area contributed by atoms with Crippen LogP contribution in [0.1, 0.15) is 24.2 Å². The van der Waals surface area contributed by atoms with Crippen LogP contribution in [-0.2, 0) is 17.8 Å². The number of carbonyl (C=O) groups excluding carboxylic acids is 1. The first kappa shape index (κ1) is 16.3. The number of fused-ring (bicyclic) bond motifs is 1. The second-order valence-electron chi connectivity index (χ2n) is 7.51. The predicted octanol–water partition coefficient (Wildman–Crippen LogP) is 3.38. The van der Waals surface area contributed by atoms with Gasteiger partial charge in [0.15, 0.2) is 0 Å². The molecule has 1 fully saturated rings. The average Bonchev–Trinajstić information content (AvgIpc) is 3.34. The molecular weight excluding hydrogens is 338 g/mol. The highest BCUT2D eigenvalue weighted by Gasteiger charge is 2.48. The van der Waals surface area contributed by atoms with Crippen LogP contribution in [0.5, 0.6) is 0 Å². The Hall–Kier alpha value is -2.92. The van der Waals surface area contributed by atoms with E-state index in [2.05, 4.69) is 41.6 Å². The minimum atomic E-state index is -0.633. The Labute approximate surface area is 157 Å². The molecule has 3 aromatic rings. The van der Waals surface area contributed by atoms with Gasteiger partial charge in [-0.2, -0.15) is 0 Å². The van der Waals surface area contributed by atoms with Crippen LogP contribution in [0.15, 0.2) is 59.1 Å². The maximum atomic E-state index is 12.6. The van der Waals surface area contributed by atoms with Crippen LogP contribution in [0.3, 0.4) is 0 Å². The van der Waals surface area contributed by atoms with E-state index in [-0.39, 0.29) is 5.91 Å². The van der Waals surface area contributed by atoms with E-state index < -0.39 is 5.54 Å². The van der Waals surface area contributed by atoms with E-state index in [1.54, 1.807) is 0 Å². The van der Waals surface area contributed by atoms with Crippen molar-refractivity contribution in [2.24, 2.45) is 5.73 Å². The molecule has 2 N–H and O–H groups in total. The molecule has 5 rings (SSSR count). The molecule has 5 heteroatoms. The molecule has 0 saturated heterocycles. The predicted molar refractivity (Wildman–Crippen MR) is 103 cm³/mol. The summed E-state index contributed by atoms with van der Waals surface area (Å²) in [6.07, 6.45) is 2.26. The number of amides is 1. The second kappa shape index (κ2) is 6.06. The Kier molecular flexibility index (Phi) is 3.65. The standard InChI is InChI=1S/C22H21N3O2/c23-22(11-12-22)21(26)25-13-10-19-18(14-25)20(24-27-19)17-8-6-16(7-9-17)15-4-2-1-3-5-15/h1-9H,10-14,23H2. The number of benzene rings is 2. The zero-order valence-corrected chi connectivity index (χ0v) is 15.0. The molecule has 1 aromatic heterocycles. The molecule has 0 bridgehead atoms. The highest BCUT2D eigenvalue weighted by atomic mass is 16.5. The molecule has 1 amide bonds. The van der Waals surface area contributed by atoms with Crippen LogP contribution in [0.25, 0.3) is 22.4 Å². The van der Waals surface area contributed by atoms with Crippen molar-refractivity contribution in [3.63, 3.8) is 0 Å². The third kappa shape index (κ3) is 2.84. The molecule has 0 radical (unpaired) electrons. The number of carbonyl (C=O) groups is 1. The van der Waals surface area contributed by atoms with Crippen molar-refractivity contribution in [3.8, 4) is 22.4 Å². The maximum absolute atomic E-state index is 12.6. The topological polar surface area (TPSA) is 72.4 Å². The number of aromatic nitrogens is 1. The van der Waals surface area contributed by atoms with Crippen molar-refractivity contribution >= 4 is 5.91 Å². The molecular formula is C22H21N3O2. The van der Waals surface area contributed by atoms with Gasteiger partial charge in [0.2, 0.25) is 5.91 Å². The molecule has 1 aliphatic heterocycles. The summed E-state index contributed by atoms with van der Waals surface area (Å²) in [6, 6.07) is 18.6. The van der Waals surface area contributed by atoms with Gasteiger partial charge >= 0.3 is 0 Å². The van der Waals surface area contributed by atoms with Crippen molar-refractivity contribution < 1.29 is 9.32 Å². The lowest BCUT2D eigenvalue weighted by atomic mass is 9.98. The summed E-state index contributed by atoms with van der Waals surface area (Å²) in [4.78, 5) is 14.5. The van der Waals surface area contributed by atoms with Crippen LogP contribution >= 0.6 is 0 Å². The molecule has 2 aliphatic rings. The molecule has 27 heavy (non-hydrogen) atoms. The van der Waals surface area contributed by atoms with E-state index in [0.717, 1.165) is 41.0 Å². The lowest BCUT2D eigenvalue weighted by molar-refractivity contribution is -0.134. The fourth-order valence-electron chi connectivity index (χ4n) is 3.72. The molecule has 1 saturated carbocycles. The van der Waals surface area contributed by atoms with E-state index >= 15 is 0 Å². The molecule has 0 unspecified atom stereocenters. The summed E-state index contributed by atoms with van der Waals surface area (Å²) in [7, 11) is 0. The van der Waals surface area contributed by atoms with Crippen LogP contribution in [0, 0.1) is 0 Å². The van der Waals surface area contributed by atoms with Crippen molar-refractivity contribution in [1.82, 2.24) is 10.1 Å². The highest BCUT2D eigenvalue weighted by molar-refractivity contribution is 5.89. The first-order valence-corrected chi connectivity index (χ1v) is 9.36. The third-order valence-corrected chi connectivity index (χ3v) is 5.59. The molecule has 0 atom stereocenters. The fraction of sp³-hybridized carbons (Fsp3) is 0.273. The molecule has 2 heterocycles. The van der Waals surface area contributed by atoms with Crippen LogP contribution < -0.4 is 5.73 Å². The van der Waals surface area contributed by atoms with Crippen molar-refractivity contribution in [2.45, 2.75) is 31.3 Å². The molecule has 5 nitrogen and oxygen atoms in total. The van der Waals surface area contributed by atoms with Crippen molar-refractivity contribution in [1.29, 1.82) is 0 Å². The molecule has 1 aliphatic carbocycles. The number of rotatable bonds is 3. The minimum absolute atomic E-state index is 0.0553. The Morgan fingerprint density at radius 1 is 1.00 bits per heavy atom. The van der Waals surface area contributed by atoms with Gasteiger partial charge < -0.3 is 15.2 Å². The van der Waals surface area contributed by atoms with Crippen molar-refractivity contribution in [3.05, 3.63) is 65.9 Å². The monoisotopic (exact) mass is 359 g/mol. The number of hydrogen-bond acceptors (Lipinski definition) is 4. The van der Waals surface area contributed by atoms with E-state index in [4.69, 9.17) is 10.3 Å². The zero-order chi connectivity index (χ0) is 18.4. The smallest absolute Gasteiger partial charge is 0.242 e. The van der Waals surface area contributed by atoms with E-state index in [0.29, 0.717) is 19.5 Å². The SMILES string of the molecule is NC1(C(=O)N2CCc3onc(-c4ccc(-c5ccccc5)cc4)c3C2)CC1. The number of nitrogens with two attached hydrogens (primary N) is 1. The summed E-state index contributed by atoms with van der Waals surface area (Å²) < 4.78 is 5.57. The number of nitrogens with zero attached hydrogens (tertiary/aromatic N) is 2. The molecule has 136 valence electrons. The van der Waals surface area contributed by atoms with Gasteiger partial charge in [-0.3, -0.25) is 4.79 Å². The van der Waals surface area contributed by atoms with E-state index in [9.17, 15) is 4.79 Å². The third-order valence-electron chi connectivity index (χ3n) is 5.59. The van der Waals surface area contributed by atoms with Gasteiger partial charge in [0.1, 0.15) is 11.5 Å². The van der Waals surface area contributed by atoms with E-state index in [1.807, 2.05) is 23.1 Å². The quantitative estimate of drug-likeness (QED) is 0.778. The van der Waals surface area contributed by atoms with Gasteiger partial charge in [0.05, 0.1) is 12.1 Å². The maximum Gasteiger partial charge on any atom is 0.242 e. The highest BCUT2D eigenvalue weighted by Crippen LogP contribution is 2.37. The first-order chi connectivity index (χ1) is 13.1. The first-order valence-electron chi connectivity index (χ1n) is 9.36. The normalized spacial score (nSPS) is 17.4. The summed E-state index contributed by atoms with van der Waals surface area (Å²) in [5, 5.41) is 4.30. The fourth-order valence-corrected chi connectivity index (χ4v) is 3.72. The lowest BCUT2D eigenvalue weighted by Crippen LogP contribution is -2.47. The minimum Gasteiger partial charge on any atom is -0.360 e. The Morgan fingerprint density at radius 2 is 1.67 bits per heavy atom. The number of hydrogen-bond donors (Lipinski definition) is 1. The summed E-state index contributed by atoms with van der Waals surface area (Å²) in [5.74, 6) is 0.933. The Morgan fingerprint density at radius 3 is 2.37 bits per heavy atom. The van der Waals surface area contributed by atoms with Gasteiger partial charge in [-0.1, -0.05) is 59.8 Å². The van der Waals surface area contributed by atoms with Crippen LogP contribution in [-0.4, -0.2) is 28.0 Å².